The normalized spacial score (nSPS) is 18.0. The van der Waals surface area contributed by atoms with Crippen molar-refractivity contribution in [1.82, 2.24) is 20.1 Å². The highest BCUT2D eigenvalue weighted by Gasteiger charge is 2.21. The maximum Gasteiger partial charge on any atom is 0.252 e. The van der Waals surface area contributed by atoms with Crippen LogP contribution in [0.25, 0.3) is 11.0 Å². The molecule has 2 aromatic heterocycles. The van der Waals surface area contributed by atoms with E-state index in [1.165, 1.54) is 0 Å². The van der Waals surface area contributed by atoms with E-state index in [0.717, 1.165) is 41.9 Å². The van der Waals surface area contributed by atoms with Crippen LogP contribution in [0.2, 0.25) is 0 Å². The van der Waals surface area contributed by atoms with Crippen molar-refractivity contribution in [3.05, 3.63) is 23.0 Å². The van der Waals surface area contributed by atoms with Gasteiger partial charge in [-0.25, -0.2) is 4.98 Å². The molecule has 1 unspecified atom stereocenters. The molecule has 1 N–H and O–H groups in total. The molecular formula is C17H24N4O2. The molecule has 124 valence electrons. The minimum Gasteiger partial charge on any atom is -0.376 e. The van der Waals surface area contributed by atoms with Gasteiger partial charge in [0, 0.05) is 25.9 Å². The topological polar surface area (TPSA) is 69.0 Å². The number of carbonyl (C=O) groups excluding carboxylic acids is 1. The summed E-state index contributed by atoms with van der Waals surface area (Å²) >= 11 is 0. The van der Waals surface area contributed by atoms with Gasteiger partial charge in [-0.1, -0.05) is 13.8 Å². The number of ether oxygens (including phenoxy) is 1. The van der Waals surface area contributed by atoms with Gasteiger partial charge in [0.15, 0.2) is 5.65 Å². The zero-order chi connectivity index (χ0) is 16.6. The Balaban J connectivity index is 1.95. The largest absolute Gasteiger partial charge is 0.376 e. The average Bonchev–Trinajstić information content (AvgIpc) is 3.13. The third-order valence-corrected chi connectivity index (χ3v) is 4.34. The summed E-state index contributed by atoms with van der Waals surface area (Å²) in [5.41, 5.74) is 3.15. The molecule has 1 amide bonds. The molecule has 3 heterocycles. The fourth-order valence-electron chi connectivity index (χ4n) is 3.05. The van der Waals surface area contributed by atoms with Crippen molar-refractivity contribution < 1.29 is 9.53 Å². The number of rotatable bonds is 4. The lowest BCUT2D eigenvalue weighted by Gasteiger charge is -2.13. The van der Waals surface area contributed by atoms with E-state index >= 15 is 0 Å². The van der Waals surface area contributed by atoms with E-state index < -0.39 is 0 Å². The van der Waals surface area contributed by atoms with Crippen LogP contribution in [-0.2, 0) is 11.8 Å². The van der Waals surface area contributed by atoms with E-state index in [4.69, 9.17) is 4.74 Å². The monoisotopic (exact) mass is 316 g/mol. The van der Waals surface area contributed by atoms with Gasteiger partial charge in [-0.3, -0.25) is 9.48 Å². The van der Waals surface area contributed by atoms with Crippen molar-refractivity contribution >= 4 is 16.9 Å². The standard InChI is InChI=1S/C17H24N4O2/c1-10(2)14-8-13(15-11(3)20-21(4)16(15)19-14)17(22)18-9-12-6-5-7-23-12/h8,10,12H,5-7,9H2,1-4H3,(H,18,22). The Morgan fingerprint density at radius 1 is 1.52 bits per heavy atom. The molecule has 0 aromatic carbocycles. The molecule has 0 saturated carbocycles. The Morgan fingerprint density at radius 2 is 2.30 bits per heavy atom. The van der Waals surface area contributed by atoms with Crippen LogP contribution in [0.3, 0.4) is 0 Å². The Morgan fingerprint density at radius 3 is 2.96 bits per heavy atom. The van der Waals surface area contributed by atoms with Gasteiger partial charge in [0.25, 0.3) is 5.91 Å². The number of hydrogen-bond donors (Lipinski definition) is 1. The number of nitrogens with zero attached hydrogens (tertiary/aromatic N) is 3. The number of amides is 1. The van der Waals surface area contributed by atoms with Gasteiger partial charge >= 0.3 is 0 Å². The molecule has 1 fully saturated rings. The first-order chi connectivity index (χ1) is 11.0. The maximum absolute atomic E-state index is 12.7. The third kappa shape index (κ3) is 3.08. The molecule has 0 bridgehead atoms. The first kappa shape index (κ1) is 15.9. The predicted molar refractivity (Wildman–Crippen MR) is 88.6 cm³/mol. The van der Waals surface area contributed by atoms with Gasteiger partial charge in [-0.05, 0) is 31.7 Å². The van der Waals surface area contributed by atoms with Crippen LogP contribution in [0.15, 0.2) is 6.07 Å². The van der Waals surface area contributed by atoms with Gasteiger partial charge in [0.05, 0.1) is 22.7 Å². The quantitative estimate of drug-likeness (QED) is 0.940. The smallest absolute Gasteiger partial charge is 0.252 e. The SMILES string of the molecule is Cc1nn(C)c2nc(C(C)C)cc(C(=O)NCC3CCCO3)c12. The molecule has 2 aromatic rings. The average molecular weight is 316 g/mol. The summed E-state index contributed by atoms with van der Waals surface area (Å²) in [5, 5.41) is 8.26. The highest BCUT2D eigenvalue weighted by Crippen LogP contribution is 2.25. The van der Waals surface area contributed by atoms with Crippen molar-refractivity contribution in [2.75, 3.05) is 13.2 Å². The lowest BCUT2D eigenvalue weighted by atomic mass is 10.0. The Labute approximate surface area is 136 Å². The van der Waals surface area contributed by atoms with E-state index in [-0.39, 0.29) is 17.9 Å². The molecule has 0 spiro atoms. The number of carbonyl (C=O) groups is 1. The van der Waals surface area contributed by atoms with E-state index in [0.29, 0.717) is 12.1 Å². The molecule has 6 heteroatoms. The van der Waals surface area contributed by atoms with Crippen molar-refractivity contribution in [3.8, 4) is 0 Å². The van der Waals surface area contributed by atoms with Crippen LogP contribution in [-0.4, -0.2) is 39.9 Å². The van der Waals surface area contributed by atoms with Gasteiger partial charge in [0.1, 0.15) is 0 Å². The third-order valence-electron chi connectivity index (χ3n) is 4.34. The Kier molecular flexibility index (Phi) is 4.35. The first-order valence-electron chi connectivity index (χ1n) is 8.21. The fourth-order valence-corrected chi connectivity index (χ4v) is 3.05. The fraction of sp³-hybridized carbons (Fsp3) is 0.588. The molecule has 1 aliphatic heterocycles. The van der Waals surface area contributed by atoms with E-state index in [1.54, 1.807) is 4.68 Å². The summed E-state index contributed by atoms with van der Waals surface area (Å²) < 4.78 is 7.32. The lowest BCUT2D eigenvalue weighted by Crippen LogP contribution is -2.32. The molecule has 0 aliphatic carbocycles. The zero-order valence-electron chi connectivity index (χ0n) is 14.2. The Bertz CT molecular complexity index is 730. The number of hydrogen-bond acceptors (Lipinski definition) is 4. The van der Waals surface area contributed by atoms with Crippen molar-refractivity contribution in [2.45, 2.75) is 45.6 Å². The number of aryl methyl sites for hydroxylation is 2. The second kappa shape index (κ2) is 6.28. The van der Waals surface area contributed by atoms with E-state index in [9.17, 15) is 4.79 Å². The maximum atomic E-state index is 12.7. The summed E-state index contributed by atoms with van der Waals surface area (Å²) in [6.07, 6.45) is 2.21. The van der Waals surface area contributed by atoms with Crippen molar-refractivity contribution in [1.29, 1.82) is 0 Å². The number of fused-ring (bicyclic) bond motifs is 1. The molecule has 3 rings (SSSR count). The van der Waals surface area contributed by atoms with Crippen LogP contribution >= 0.6 is 0 Å². The minimum absolute atomic E-state index is 0.0779. The number of aromatic nitrogens is 3. The molecule has 6 nitrogen and oxygen atoms in total. The van der Waals surface area contributed by atoms with E-state index in [1.807, 2.05) is 20.0 Å². The predicted octanol–water partition coefficient (Wildman–Crippen LogP) is 2.31. The summed E-state index contributed by atoms with van der Waals surface area (Å²) in [5.74, 6) is 0.172. The number of nitrogens with one attached hydrogen (secondary N) is 1. The molecule has 23 heavy (non-hydrogen) atoms. The van der Waals surface area contributed by atoms with Crippen LogP contribution < -0.4 is 5.32 Å². The van der Waals surface area contributed by atoms with Crippen LogP contribution in [0.5, 0.6) is 0 Å². The molecular weight excluding hydrogens is 292 g/mol. The first-order valence-corrected chi connectivity index (χ1v) is 8.21. The summed E-state index contributed by atoms with van der Waals surface area (Å²) in [6, 6.07) is 1.90. The second-order valence-electron chi connectivity index (χ2n) is 6.50. The highest BCUT2D eigenvalue weighted by molar-refractivity contribution is 6.06. The summed E-state index contributed by atoms with van der Waals surface area (Å²) in [7, 11) is 1.86. The summed E-state index contributed by atoms with van der Waals surface area (Å²) in [6.45, 7) is 7.41. The van der Waals surface area contributed by atoms with Gasteiger partial charge in [-0.2, -0.15) is 5.10 Å². The number of pyridine rings is 1. The molecule has 1 saturated heterocycles. The zero-order valence-corrected chi connectivity index (χ0v) is 14.2. The van der Waals surface area contributed by atoms with Gasteiger partial charge in [-0.15, -0.1) is 0 Å². The lowest BCUT2D eigenvalue weighted by molar-refractivity contribution is 0.0859. The van der Waals surface area contributed by atoms with Crippen molar-refractivity contribution in [3.63, 3.8) is 0 Å². The van der Waals surface area contributed by atoms with Crippen LogP contribution in [0.1, 0.15) is 54.4 Å². The molecule has 0 radical (unpaired) electrons. The summed E-state index contributed by atoms with van der Waals surface area (Å²) in [4.78, 5) is 17.4. The second-order valence-corrected chi connectivity index (χ2v) is 6.50. The van der Waals surface area contributed by atoms with Crippen LogP contribution in [0, 0.1) is 6.92 Å². The minimum atomic E-state index is -0.0779. The Hall–Kier alpha value is -1.95. The highest BCUT2D eigenvalue weighted by atomic mass is 16.5. The molecule has 1 atom stereocenters. The van der Waals surface area contributed by atoms with Gasteiger partial charge in [0.2, 0.25) is 0 Å². The van der Waals surface area contributed by atoms with Crippen LogP contribution in [0.4, 0.5) is 0 Å². The molecule has 1 aliphatic rings. The van der Waals surface area contributed by atoms with Gasteiger partial charge < -0.3 is 10.1 Å². The van der Waals surface area contributed by atoms with Crippen molar-refractivity contribution in [2.24, 2.45) is 7.05 Å². The van der Waals surface area contributed by atoms with E-state index in [2.05, 4.69) is 29.2 Å².